The van der Waals surface area contributed by atoms with E-state index in [-0.39, 0.29) is 6.42 Å². The van der Waals surface area contributed by atoms with Gasteiger partial charge in [0.2, 0.25) is 0 Å². The highest BCUT2D eigenvalue weighted by Gasteiger charge is 2.47. The third kappa shape index (κ3) is 5.54. The molecule has 0 saturated heterocycles. The molecule has 0 atom stereocenters. The largest absolute Gasteiger partial charge is 0.523 e. The fourth-order valence-corrected chi connectivity index (χ4v) is 4.50. The van der Waals surface area contributed by atoms with Gasteiger partial charge in [0.15, 0.2) is 0 Å². The lowest BCUT2D eigenvalue weighted by atomic mass is 10.5. The second kappa shape index (κ2) is 7.31. The maximum absolute atomic E-state index is 12.0. The van der Waals surface area contributed by atoms with E-state index >= 15 is 0 Å². The summed E-state index contributed by atoms with van der Waals surface area (Å²) in [6.07, 6.45) is -0.00986. The van der Waals surface area contributed by atoms with Gasteiger partial charge in [0.1, 0.15) is 8.07 Å². The first kappa shape index (κ1) is 18.5. The highest BCUT2D eigenvalue weighted by Crippen LogP contribution is 2.24. The lowest BCUT2D eigenvalue weighted by molar-refractivity contribution is -0.0540. The lowest BCUT2D eigenvalue weighted by Crippen LogP contribution is -2.29. The van der Waals surface area contributed by atoms with E-state index in [9.17, 15) is 21.6 Å². The molecule has 0 fully saturated rings. The topological polar surface area (TPSA) is 43.4 Å². The van der Waals surface area contributed by atoms with Crippen molar-refractivity contribution in [3.8, 4) is 11.5 Å². The molecule has 3 nitrogen and oxygen atoms in total. The van der Waals surface area contributed by atoms with Crippen LogP contribution in [0.1, 0.15) is 27.2 Å². The maximum atomic E-state index is 12.0. The first-order valence-corrected chi connectivity index (χ1v) is 10.1. The number of halogens is 3. The molecule has 0 unspecified atom stereocenters. The molecule has 0 aromatic heterocycles. The Morgan fingerprint density at radius 3 is 1.95 bits per heavy atom. The van der Waals surface area contributed by atoms with Crippen LogP contribution < -0.4 is 0 Å². The van der Waals surface area contributed by atoms with Crippen molar-refractivity contribution in [2.45, 2.75) is 50.8 Å². The molecule has 19 heavy (non-hydrogen) atoms. The second-order valence-electron chi connectivity index (χ2n) is 4.11. The average molecular weight is 316 g/mol. The van der Waals surface area contributed by atoms with Crippen LogP contribution in [0.2, 0.25) is 18.1 Å². The zero-order valence-electron chi connectivity index (χ0n) is 11.3. The minimum absolute atomic E-state index is 0.00986. The van der Waals surface area contributed by atoms with Gasteiger partial charge >= 0.3 is 15.6 Å². The molecule has 0 heterocycles. The van der Waals surface area contributed by atoms with E-state index in [0.717, 1.165) is 18.1 Å². The monoisotopic (exact) mass is 316 g/mol. The van der Waals surface area contributed by atoms with Crippen LogP contribution in [0.4, 0.5) is 13.2 Å². The fraction of sp³-hybridized carbons (Fsp3) is 0.818. The van der Waals surface area contributed by atoms with Crippen LogP contribution in [0.3, 0.4) is 0 Å². The molecule has 0 rings (SSSR count). The van der Waals surface area contributed by atoms with Gasteiger partial charge in [0.05, 0.1) is 6.61 Å². The minimum atomic E-state index is -5.49. The minimum Gasteiger partial charge on any atom is -0.262 e. The highest BCUT2D eigenvalue weighted by atomic mass is 32.2. The Labute approximate surface area is 113 Å². The lowest BCUT2D eigenvalue weighted by Gasteiger charge is -2.20. The van der Waals surface area contributed by atoms with Crippen molar-refractivity contribution in [1.29, 1.82) is 0 Å². The zero-order valence-corrected chi connectivity index (χ0v) is 13.1. The van der Waals surface area contributed by atoms with Crippen LogP contribution in [0.15, 0.2) is 0 Å². The van der Waals surface area contributed by atoms with E-state index in [1.165, 1.54) is 0 Å². The SMILES string of the molecule is CC[Si](C#CCCOS(=O)(=O)C(F)(F)F)(CC)CC. The Kier molecular flexibility index (Phi) is 7.11. The predicted octanol–water partition coefficient (Wildman–Crippen LogP) is 3.29. The van der Waals surface area contributed by atoms with Gasteiger partial charge < -0.3 is 0 Å². The molecule has 0 radical (unpaired) electrons. The summed E-state index contributed by atoms with van der Waals surface area (Å²) in [4.78, 5) is 0. The van der Waals surface area contributed by atoms with Crippen molar-refractivity contribution >= 4 is 18.2 Å². The van der Waals surface area contributed by atoms with Crippen molar-refractivity contribution in [2.75, 3.05) is 6.61 Å². The summed E-state index contributed by atoms with van der Waals surface area (Å²) in [5, 5.41) is 0. The predicted molar refractivity (Wildman–Crippen MR) is 70.5 cm³/mol. The Morgan fingerprint density at radius 1 is 1.11 bits per heavy atom. The third-order valence-corrected chi connectivity index (χ3v) is 8.94. The molecule has 0 aromatic rings. The molecular formula is C11H19F3O3SSi. The summed E-state index contributed by atoms with van der Waals surface area (Å²) in [7, 11) is -7.13. The van der Waals surface area contributed by atoms with Crippen molar-refractivity contribution in [3.63, 3.8) is 0 Å². The number of hydrogen-bond acceptors (Lipinski definition) is 3. The van der Waals surface area contributed by atoms with Gasteiger partial charge in [-0.3, -0.25) is 4.18 Å². The van der Waals surface area contributed by atoms with Gasteiger partial charge in [-0.2, -0.15) is 21.6 Å². The Balaban J connectivity index is 4.42. The Bertz CT molecular complexity index is 422. The molecule has 0 amide bonds. The summed E-state index contributed by atoms with van der Waals surface area (Å²) < 4.78 is 60.9. The number of alkyl halides is 3. The van der Waals surface area contributed by atoms with E-state index in [1.54, 1.807) is 0 Å². The van der Waals surface area contributed by atoms with Crippen LogP contribution in [0.25, 0.3) is 0 Å². The summed E-state index contributed by atoms with van der Waals surface area (Å²) in [5.74, 6) is 2.76. The quantitative estimate of drug-likeness (QED) is 0.248. The van der Waals surface area contributed by atoms with Crippen LogP contribution in [0, 0.1) is 11.5 Å². The molecule has 0 bridgehead atoms. The van der Waals surface area contributed by atoms with E-state index in [4.69, 9.17) is 0 Å². The Hall–Kier alpha value is -0.523. The molecule has 0 aliphatic carbocycles. The van der Waals surface area contributed by atoms with Gasteiger partial charge in [-0.1, -0.05) is 20.8 Å². The van der Waals surface area contributed by atoms with Crippen LogP contribution in [0.5, 0.6) is 0 Å². The molecule has 0 saturated carbocycles. The maximum Gasteiger partial charge on any atom is 0.523 e. The normalized spacial score (nSPS) is 12.9. The summed E-state index contributed by atoms with van der Waals surface area (Å²) in [6.45, 7) is 5.60. The van der Waals surface area contributed by atoms with Crippen molar-refractivity contribution in [1.82, 2.24) is 0 Å². The van der Waals surface area contributed by atoms with Crippen molar-refractivity contribution in [2.24, 2.45) is 0 Å². The van der Waals surface area contributed by atoms with Gasteiger partial charge in [0, 0.05) is 6.42 Å². The van der Waals surface area contributed by atoms with Gasteiger partial charge in [-0.15, -0.1) is 11.5 Å². The molecule has 8 heteroatoms. The number of rotatable bonds is 6. The summed E-state index contributed by atoms with van der Waals surface area (Å²) >= 11 is 0. The molecule has 0 N–H and O–H groups in total. The molecule has 112 valence electrons. The smallest absolute Gasteiger partial charge is 0.262 e. The van der Waals surface area contributed by atoms with E-state index in [0.29, 0.717) is 0 Å². The van der Waals surface area contributed by atoms with Gasteiger partial charge in [-0.05, 0) is 18.1 Å². The van der Waals surface area contributed by atoms with Gasteiger partial charge in [-0.25, -0.2) is 0 Å². The summed E-state index contributed by atoms with van der Waals surface area (Å²) in [6, 6.07) is 2.94. The van der Waals surface area contributed by atoms with E-state index in [1.807, 2.05) is 0 Å². The highest BCUT2D eigenvalue weighted by molar-refractivity contribution is 7.87. The van der Waals surface area contributed by atoms with E-state index in [2.05, 4.69) is 36.4 Å². The van der Waals surface area contributed by atoms with E-state index < -0.39 is 30.3 Å². The molecular weight excluding hydrogens is 297 g/mol. The molecule has 0 aromatic carbocycles. The first-order valence-electron chi connectivity index (χ1n) is 6.10. The molecule has 0 spiro atoms. The van der Waals surface area contributed by atoms with Crippen LogP contribution in [-0.2, 0) is 14.3 Å². The number of hydrogen-bond donors (Lipinski definition) is 0. The average Bonchev–Trinajstić information content (AvgIpc) is 2.33. The third-order valence-electron chi connectivity index (χ3n) is 3.13. The summed E-state index contributed by atoms with van der Waals surface area (Å²) in [5.41, 5.74) is -2.23. The second-order valence-corrected chi connectivity index (χ2v) is 10.7. The van der Waals surface area contributed by atoms with Crippen LogP contribution in [-0.4, -0.2) is 28.6 Å². The standard InChI is InChI=1S/C11H19F3O3SSi/c1-4-19(5-2,6-3)10-8-7-9-17-18(15,16)11(12,13)14/h4-7,9H2,1-3H3. The van der Waals surface area contributed by atoms with Gasteiger partial charge in [0.25, 0.3) is 0 Å². The molecule has 0 aliphatic rings. The zero-order chi connectivity index (χ0) is 15.2. The first-order chi connectivity index (χ1) is 8.64. The van der Waals surface area contributed by atoms with Crippen LogP contribution >= 0.6 is 0 Å². The van der Waals surface area contributed by atoms with Crippen molar-refractivity contribution in [3.05, 3.63) is 0 Å². The van der Waals surface area contributed by atoms with Crippen molar-refractivity contribution < 1.29 is 25.8 Å². The fourth-order valence-electron chi connectivity index (χ4n) is 1.53. The Morgan fingerprint density at radius 2 is 1.58 bits per heavy atom. The molecule has 0 aliphatic heterocycles.